The lowest BCUT2D eigenvalue weighted by Gasteiger charge is -2.36. The SMILES string of the molecule is Cc1ccc(C)c(S(=O)(=O)N2CCC(N(C)c3cc(C)ncn3)CC2)c1. The summed E-state index contributed by atoms with van der Waals surface area (Å²) in [6.45, 7) is 6.76. The van der Waals surface area contributed by atoms with E-state index in [4.69, 9.17) is 0 Å². The maximum absolute atomic E-state index is 13.0. The first-order valence-electron chi connectivity index (χ1n) is 8.88. The van der Waals surface area contributed by atoms with Gasteiger partial charge in [0.05, 0.1) is 4.90 Å². The number of sulfonamides is 1. The molecule has 26 heavy (non-hydrogen) atoms. The van der Waals surface area contributed by atoms with Crippen LogP contribution in [0.25, 0.3) is 0 Å². The van der Waals surface area contributed by atoms with Crippen LogP contribution in [0.5, 0.6) is 0 Å². The van der Waals surface area contributed by atoms with Crippen LogP contribution in [0.4, 0.5) is 5.82 Å². The highest BCUT2D eigenvalue weighted by Gasteiger charge is 2.32. The van der Waals surface area contributed by atoms with Gasteiger partial charge in [0, 0.05) is 37.9 Å². The van der Waals surface area contributed by atoms with Crippen LogP contribution in [0.3, 0.4) is 0 Å². The van der Waals surface area contributed by atoms with E-state index in [1.807, 2.05) is 46.0 Å². The van der Waals surface area contributed by atoms with Crippen LogP contribution in [0.1, 0.15) is 29.7 Å². The summed E-state index contributed by atoms with van der Waals surface area (Å²) < 4.78 is 27.7. The van der Waals surface area contributed by atoms with E-state index < -0.39 is 10.0 Å². The molecule has 140 valence electrons. The minimum absolute atomic E-state index is 0.273. The summed E-state index contributed by atoms with van der Waals surface area (Å²) in [6.07, 6.45) is 3.13. The molecule has 0 saturated carbocycles. The molecule has 1 aliphatic rings. The summed E-state index contributed by atoms with van der Waals surface area (Å²) >= 11 is 0. The smallest absolute Gasteiger partial charge is 0.243 e. The van der Waals surface area contributed by atoms with E-state index in [0.717, 1.165) is 35.5 Å². The Bertz CT molecular complexity index is 890. The normalized spacial score (nSPS) is 16.6. The van der Waals surface area contributed by atoms with Crippen molar-refractivity contribution >= 4 is 15.8 Å². The zero-order valence-corrected chi connectivity index (χ0v) is 16.6. The lowest BCUT2D eigenvalue weighted by Crippen LogP contribution is -2.46. The van der Waals surface area contributed by atoms with Crippen molar-refractivity contribution in [2.24, 2.45) is 0 Å². The molecule has 7 heteroatoms. The van der Waals surface area contributed by atoms with Gasteiger partial charge in [0.1, 0.15) is 12.1 Å². The number of rotatable bonds is 4. The fourth-order valence-corrected chi connectivity index (χ4v) is 5.19. The van der Waals surface area contributed by atoms with Crippen molar-refractivity contribution in [1.82, 2.24) is 14.3 Å². The molecule has 0 bridgehead atoms. The van der Waals surface area contributed by atoms with Gasteiger partial charge in [-0.05, 0) is 50.8 Å². The van der Waals surface area contributed by atoms with Crippen LogP contribution in [-0.2, 0) is 10.0 Å². The molecule has 0 amide bonds. The second kappa shape index (κ2) is 7.32. The molecule has 0 atom stereocenters. The van der Waals surface area contributed by atoms with Gasteiger partial charge in [-0.15, -0.1) is 0 Å². The van der Waals surface area contributed by atoms with Crippen molar-refractivity contribution < 1.29 is 8.42 Å². The third-order valence-corrected chi connectivity index (χ3v) is 7.12. The Morgan fingerprint density at radius 2 is 1.77 bits per heavy atom. The van der Waals surface area contributed by atoms with Gasteiger partial charge in [-0.3, -0.25) is 0 Å². The van der Waals surface area contributed by atoms with Crippen molar-refractivity contribution in [3.63, 3.8) is 0 Å². The molecule has 2 aromatic rings. The summed E-state index contributed by atoms with van der Waals surface area (Å²) in [4.78, 5) is 11.0. The predicted octanol–water partition coefficient (Wildman–Crippen LogP) is 2.69. The summed E-state index contributed by atoms with van der Waals surface area (Å²) in [5, 5.41) is 0. The third kappa shape index (κ3) is 3.73. The second-order valence-corrected chi connectivity index (χ2v) is 8.94. The van der Waals surface area contributed by atoms with Crippen LogP contribution < -0.4 is 4.90 Å². The summed E-state index contributed by atoms with van der Waals surface area (Å²) in [6, 6.07) is 7.82. The lowest BCUT2D eigenvalue weighted by molar-refractivity contribution is 0.314. The number of aromatic nitrogens is 2. The summed E-state index contributed by atoms with van der Waals surface area (Å²) in [7, 11) is -1.43. The maximum Gasteiger partial charge on any atom is 0.243 e. The first-order chi connectivity index (χ1) is 12.3. The standard InChI is InChI=1S/C19H26N4O2S/c1-14-5-6-15(2)18(11-14)26(24,25)23-9-7-17(8-10-23)22(4)19-12-16(3)20-13-21-19/h5-6,11-13,17H,7-10H2,1-4H3. The Labute approximate surface area is 155 Å². The van der Waals surface area contributed by atoms with Gasteiger partial charge >= 0.3 is 0 Å². The van der Waals surface area contributed by atoms with Crippen LogP contribution in [-0.4, -0.2) is 48.9 Å². The van der Waals surface area contributed by atoms with E-state index in [9.17, 15) is 8.42 Å². The van der Waals surface area contributed by atoms with E-state index in [1.165, 1.54) is 0 Å². The number of nitrogens with zero attached hydrogens (tertiary/aromatic N) is 4. The van der Waals surface area contributed by atoms with Crippen LogP contribution >= 0.6 is 0 Å². The number of hydrogen-bond donors (Lipinski definition) is 0. The van der Waals surface area contributed by atoms with Crippen LogP contribution in [0.15, 0.2) is 35.5 Å². The van der Waals surface area contributed by atoms with E-state index in [2.05, 4.69) is 14.9 Å². The molecule has 1 fully saturated rings. The Morgan fingerprint density at radius 1 is 1.08 bits per heavy atom. The Morgan fingerprint density at radius 3 is 2.42 bits per heavy atom. The molecule has 1 aromatic heterocycles. The van der Waals surface area contributed by atoms with Crippen molar-refractivity contribution in [3.05, 3.63) is 47.4 Å². The fourth-order valence-electron chi connectivity index (χ4n) is 3.41. The molecule has 3 rings (SSSR count). The van der Waals surface area contributed by atoms with Crippen LogP contribution in [0, 0.1) is 20.8 Å². The van der Waals surface area contributed by atoms with E-state index in [1.54, 1.807) is 16.7 Å². The molecule has 2 heterocycles. The second-order valence-electron chi connectivity index (χ2n) is 7.03. The van der Waals surface area contributed by atoms with Crippen molar-refractivity contribution in [2.75, 3.05) is 25.0 Å². The first-order valence-corrected chi connectivity index (χ1v) is 10.3. The number of hydrogen-bond acceptors (Lipinski definition) is 5. The minimum Gasteiger partial charge on any atom is -0.356 e. The Balaban J connectivity index is 1.72. The highest BCUT2D eigenvalue weighted by Crippen LogP contribution is 2.27. The highest BCUT2D eigenvalue weighted by atomic mass is 32.2. The molecule has 1 saturated heterocycles. The van der Waals surface area contributed by atoms with Crippen molar-refractivity contribution in [2.45, 2.75) is 44.6 Å². The summed E-state index contributed by atoms with van der Waals surface area (Å²) in [5.74, 6) is 0.883. The number of piperidine rings is 1. The van der Waals surface area contributed by atoms with Gasteiger partial charge in [0.25, 0.3) is 0 Å². The van der Waals surface area contributed by atoms with E-state index >= 15 is 0 Å². The highest BCUT2D eigenvalue weighted by molar-refractivity contribution is 7.89. The molecular formula is C19H26N4O2S. The zero-order valence-electron chi connectivity index (χ0n) is 15.8. The molecule has 0 spiro atoms. The number of benzene rings is 1. The minimum atomic E-state index is -3.45. The Hall–Kier alpha value is -1.99. The predicted molar refractivity (Wildman–Crippen MR) is 103 cm³/mol. The van der Waals surface area contributed by atoms with Gasteiger partial charge in [-0.1, -0.05) is 12.1 Å². The largest absolute Gasteiger partial charge is 0.356 e. The van der Waals surface area contributed by atoms with Gasteiger partial charge in [0.2, 0.25) is 10.0 Å². The third-order valence-electron chi connectivity index (χ3n) is 5.08. The molecule has 6 nitrogen and oxygen atoms in total. The quantitative estimate of drug-likeness (QED) is 0.823. The average molecular weight is 375 g/mol. The molecule has 0 N–H and O–H groups in total. The topological polar surface area (TPSA) is 66.4 Å². The Kier molecular flexibility index (Phi) is 5.29. The van der Waals surface area contributed by atoms with Gasteiger partial charge in [-0.2, -0.15) is 4.31 Å². The molecular weight excluding hydrogens is 348 g/mol. The molecule has 0 unspecified atom stereocenters. The molecule has 1 aliphatic heterocycles. The van der Waals surface area contributed by atoms with Gasteiger partial charge in [0.15, 0.2) is 0 Å². The molecule has 1 aromatic carbocycles. The van der Waals surface area contributed by atoms with E-state index in [0.29, 0.717) is 18.0 Å². The monoisotopic (exact) mass is 374 g/mol. The zero-order chi connectivity index (χ0) is 18.9. The van der Waals surface area contributed by atoms with Crippen molar-refractivity contribution in [3.8, 4) is 0 Å². The number of aryl methyl sites for hydroxylation is 3. The van der Waals surface area contributed by atoms with E-state index in [-0.39, 0.29) is 6.04 Å². The van der Waals surface area contributed by atoms with Crippen molar-refractivity contribution in [1.29, 1.82) is 0 Å². The van der Waals surface area contributed by atoms with Crippen LogP contribution in [0.2, 0.25) is 0 Å². The average Bonchev–Trinajstić information content (AvgIpc) is 2.63. The molecule has 0 radical (unpaired) electrons. The molecule has 0 aliphatic carbocycles. The van der Waals surface area contributed by atoms with Gasteiger partial charge in [-0.25, -0.2) is 18.4 Å². The lowest BCUT2D eigenvalue weighted by atomic mass is 10.1. The summed E-state index contributed by atoms with van der Waals surface area (Å²) in [5.41, 5.74) is 2.69. The van der Waals surface area contributed by atoms with Gasteiger partial charge < -0.3 is 4.90 Å². The number of anilines is 1. The maximum atomic E-state index is 13.0. The fraction of sp³-hybridized carbons (Fsp3) is 0.474. The first kappa shape index (κ1) is 18.8.